The number of benzene rings is 2. The Labute approximate surface area is 131 Å². The minimum Gasteiger partial charge on any atom is -0.380 e. The highest BCUT2D eigenvalue weighted by Gasteiger charge is 2.02. The van der Waals surface area contributed by atoms with Crippen LogP contribution in [0.1, 0.15) is 4.88 Å². The van der Waals surface area contributed by atoms with Crippen molar-refractivity contribution in [2.45, 2.75) is 6.54 Å². The highest BCUT2D eigenvalue weighted by molar-refractivity contribution is 7.15. The number of anilines is 1. The predicted molar refractivity (Wildman–Crippen MR) is 86.3 cm³/mol. The summed E-state index contributed by atoms with van der Waals surface area (Å²) < 4.78 is 13.8. The Morgan fingerprint density at radius 3 is 2.57 bits per heavy atom. The van der Waals surface area contributed by atoms with Crippen molar-refractivity contribution in [3.05, 3.63) is 69.9 Å². The van der Waals surface area contributed by atoms with Gasteiger partial charge in [-0.15, -0.1) is 11.3 Å². The molecule has 0 radical (unpaired) electrons. The van der Waals surface area contributed by atoms with Gasteiger partial charge in [0.1, 0.15) is 5.82 Å². The van der Waals surface area contributed by atoms with Gasteiger partial charge in [-0.05, 0) is 35.4 Å². The molecule has 5 heteroatoms. The Morgan fingerprint density at radius 2 is 1.86 bits per heavy atom. The summed E-state index contributed by atoms with van der Waals surface area (Å²) >= 11 is 7.26. The molecular weight excluding hydrogens is 307 g/mol. The lowest BCUT2D eigenvalue weighted by Crippen LogP contribution is -1.97. The second-order valence-corrected chi connectivity index (χ2v) is 6.22. The van der Waals surface area contributed by atoms with Crippen LogP contribution in [-0.4, -0.2) is 4.98 Å². The lowest BCUT2D eigenvalue weighted by atomic mass is 10.1. The Morgan fingerprint density at radius 1 is 1.10 bits per heavy atom. The molecule has 3 rings (SSSR count). The summed E-state index contributed by atoms with van der Waals surface area (Å²) in [7, 11) is 0. The third kappa shape index (κ3) is 3.60. The summed E-state index contributed by atoms with van der Waals surface area (Å²) in [6.45, 7) is 0.664. The van der Waals surface area contributed by atoms with Gasteiger partial charge in [0.05, 0.1) is 6.54 Å². The third-order valence-electron chi connectivity index (χ3n) is 3.01. The molecule has 0 aliphatic carbocycles. The zero-order valence-corrected chi connectivity index (χ0v) is 12.6. The molecule has 0 saturated carbocycles. The van der Waals surface area contributed by atoms with Crippen LogP contribution in [0.3, 0.4) is 0 Å². The predicted octanol–water partition coefficient (Wildman–Crippen LogP) is 5.21. The van der Waals surface area contributed by atoms with Gasteiger partial charge in [-0.3, -0.25) is 0 Å². The maximum Gasteiger partial charge on any atom is 0.183 e. The minimum absolute atomic E-state index is 0.231. The largest absolute Gasteiger partial charge is 0.380 e. The normalized spacial score (nSPS) is 10.6. The van der Waals surface area contributed by atoms with Crippen molar-refractivity contribution in [3.63, 3.8) is 0 Å². The molecule has 1 aromatic heterocycles. The van der Waals surface area contributed by atoms with E-state index in [1.807, 2.05) is 30.3 Å². The first kappa shape index (κ1) is 14.0. The molecule has 0 aliphatic heterocycles. The van der Waals surface area contributed by atoms with Gasteiger partial charge >= 0.3 is 0 Å². The number of hydrogen-bond donors (Lipinski definition) is 1. The zero-order valence-electron chi connectivity index (χ0n) is 11.0. The molecule has 0 unspecified atom stereocenters. The maximum atomic E-state index is 13.3. The Bertz CT molecular complexity index is 757. The first-order valence-electron chi connectivity index (χ1n) is 6.41. The van der Waals surface area contributed by atoms with Crippen molar-refractivity contribution in [1.29, 1.82) is 0 Å². The van der Waals surface area contributed by atoms with Gasteiger partial charge in [-0.2, -0.15) is 0 Å². The highest BCUT2D eigenvalue weighted by Crippen LogP contribution is 2.24. The first-order valence-corrected chi connectivity index (χ1v) is 7.60. The quantitative estimate of drug-likeness (QED) is 0.714. The summed E-state index contributed by atoms with van der Waals surface area (Å²) in [6, 6.07) is 14.5. The van der Waals surface area contributed by atoms with Crippen LogP contribution in [0.15, 0.2) is 54.7 Å². The van der Waals surface area contributed by atoms with Crippen LogP contribution in [-0.2, 0) is 6.54 Å². The van der Waals surface area contributed by atoms with Gasteiger partial charge < -0.3 is 5.32 Å². The van der Waals surface area contributed by atoms with E-state index in [4.69, 9.17) is 11.6 Å². The van der Waals surface area contributed by atoms with Crippen LogP contribution in [0, 0.1) is 5.82 Å². The Hall–Kier alpha value is -1.91. The van der Waals surface area contributed by atoms with E-state index in [0.29, 0.717) is 11.0 Å². The molecule has 0 bridgehead atoms. The van der Waals surface area contributed by atoms with Crippen molar-refractivity contribution < 1.29 is 4.39 Å². The molecule has 0 saturated heterocycles. The summed E-state index contributed by atoms with van der Waals surface area (Å²) in [5.74, 6) is -0.231. The van der Waals surface area contributed by atoms with E-state index in [2.05, 4.69) is 10.3 Å². The molecule has 2 aromatic carbocycles. The Kier molecular flexibility index (Phi) is 4.18. The lowest BCUT2D eigenvalue weighted by molar-refractivity contribution is 0.628. The van der Waals surface area contributed by atoms with E-state index in [9.17, 15) is 4.39 Å². The van der Waals surface area contributed by atoms with Gasteiger partial charge in [-0.1, -0.05) is 35.9 Å². The van der Waals surface area contributed by atoms with Crippen LogP contribution in [0.25, 0.3) is 11.1 Å². The molecule has 21 heavy (non-hydrogen) atoms. The molecule has 0 fully saturated rings. The van der Waals surface area contributed by atoms with E-state index >= 15 is 0 Å². The average Bonchev–Trinajstić information content (AvgIpc) is 2.91. The second-order valence-electron chi connectivity index (χ2n) is 4.52. The SMILES string of the molecule is Fc1cccc(-c2cccc(NCc3cnc(Cl)s3)c2)c1. The van der Waals surface area contributed by atoms with Gasteiger partial charge in [0, 0.05) is 16.8 Å². The van der Waals surface area contributed by atoms with Gasteiger partial charge in [0.2, 0.25) is 0 Å². The molecule has 0 atom stereocenters. The van der Waals surface area contributed by atoms with Crippen molar-refractivity contribution in [1.82, 2.24) is 4.98 Å². The number of hydrogen-bond acceptors (Lipinski definition) is 3. The van der Waals surface area contributed by atoms with E-state index in [0.717, 1.165) is 21.7 Å². The number of rotatable bonds is 4. The highest BCUT2D eigenvalue weighted by atomic mass is 35.5. The standard InChI is InChI=1S/C16H12ClFN2S/c17-16-20-10-15(21-16)9-19-14-6-2-4-12(8-14)11-3-1-5-13(18)7-11/h1-8,10,19H,9H2. The lowest BCUT2D eigenvalue weighted by Gasteiger charge is -2.07. The monoisotopic (exact) mass is 318 g/mol. The first-order chi connectivity index (χ1) is 10.2. The van der Waals surface area contributed by atoms with Gasteiger partial charge in [-0.25, -0.2) is 9.37 Å². The fraction of sp³-hybridized carbons (Fsp3) is 0.0625. The molecule has 1 N–H and O–H groups in total. The van der Waals surface area contributed by atoms with E-state index in [1.54, 1.807) is 12.3 Å². The molecular formula is C16H12ClFN2S. The smallest absolute Gasteiger partial charge is 0.183 e. The van der Waals surface area contributed by atoms with Gasteiger partial charge in [0.25, 0.3) is 0 Å². The van der Waals surface area contributed by atoms with Gasteiger partial charge in [0.15, 0.2) is 4.47 Å². The molecule has 3 aromatic rings. The van der Waals surface area contributed by atoms with Crippen molar-refractivity contribution in [3.8, 4) is 11.1 Å². The molecule has 1 heterocycles. The third-order valence-corrected chi connectivity index (χ3v) is 4.13. The summed E-state index contributed by atoms with van der Waals surface area (Å²) in [6.07, 6.45) is 1.76. The average molecular weight is 319 g/mol. The van der Waals surface area contributed by atoms with Crippen molar-refractivity contribution >= 4 is 28.6 Å². The summed E-state index contributed by atoms with van der Waals surface area (Å²) in [5, 5.41) is 3.32. The van der Waals surface area contributed by atoms with Crippen LogP contribution in [0.2, 0.25) is 4.47 Å². The number of thiazole rings is 1. The van der Waals surface area contributed by atoms with Crippen LogP contribution in [0.5, 0.6) is 0 Å². The second kappa shape index (κ2) is 6.24. The topological polar surface area (TPSA) is 24.9 Å². The molecule has 0 spiro atoms. The van der Waals surface area contributed by atoms with E-state index in [1.165, 1.54) is 23.5 Å². The molecule has 0 aliphatic rings. The fourth-order valence-electron chi connectivity index (χ4n) is 2.03. The summed E-state index contributed by atoms with van der Waals surface area (Å²) in [4.78, 5) is 5.07. The fourth-order valence-corrected chi connectivity index (χ4v) is 2.95. The summed E-state index contributed by atoms with van der Waals surface area (Å²) in [5.41, 5.74) is 2.81. The zero-order chi connectivity index (χ0) is 14.7. The van der Waals surface area contributed by atoms with E-state index < -0.39 is 0 Å². The molecule has 2 nitrogen and oxygen atoms in total. The minimum atomic E-state index is -0.231. The van der Waals surface area contributed by atoms with Crippen LogP contribution < -0.4 is 5.32 Å². The molecule has 0 amide bonds. The number of nitrogens with zero attached hydrogens (tertiary/aromatic N) is 1. The van der Waals surface area contributed by atoms with Crippen molar-refractivity contribution in [2.75, 3.05) is 5.32 Å². The maximum absolute atomic E-state index is 13.3. The molecule has 106 valence electrons. The van der Waals surface area contributed by atoms with Crippen LogP contribution in [0.4, 0.5) is 10.1 Å². The number of aromatic nitrogens is 1. The van der Waals surface area contributed by atoms with Crippen molar-refractivity contribution in [2.24, 2.45) is 0 Å². The number of halogens is 2. The number of nitrogens with one attached hydrogen (secondary N) is 1. The van der Waals surface area contributed by atoms with E-state index in [-0.39, 0.29) is 5.82 Å². The van der Waals surface area contributed by atoms with Crippen LogP contribution >= 0.6 is 22.9 Å². The Balaban J connectivity index is 1.77.